The molecule has 0 spiro atoms. The number of hydrogen-bond donors (Lipinski definition) is 1. The summed E-state index contributed by atoms with van der Waals surface area (Å²) >= 11 is 0. The van der Waals surface area contributed by atoms with Gasteiger partial charge in [0.05, 0.1) is 11.9 Å². The van der Waals surface area contributed by atoms with Gasteiger partial charge in [-0.1, -0.05) is 0 Å². The standard InChI is InChI=1S/C12H13N3O2/c1-15-9(5-13)6-14-12(15)8-2-3-10-11(4-8)17-7-16-10/h2-4,6H,5,7,13H2,1H3. The Balaban J connectivity index is 2.06. The predicted molar refractivity (Wildman–Crippen MR) is 62.7 cm³/mol. The molecule has 1 aliphatic rings. The van der Waals surface area contributed by atoms with Crippen LogP contribution in [0.2, 0.25) is 0 Å². The third-order valence-corrected chi connectivity index (χ3v) is 2.92. The van der Waals surface area contributed by atoms with Crippen LogP contribution in [0.5, 0.6) is 11.5 Å². The first-order valence-corrected chi connectivity index (χ1v) is 5.40. The topological polar surface area (TPSA) is 62.3 Å². The molecule has 0 fully saturated rings. The molecule has 0 saturated carbocycles. The van der Waals surface area contributed by atoms with Crippen LogP contribution >= 0.6 is 0 Å². The number of ether oxygens (including phenoxy) is 2. The Morgan fingerprint density at radius 1 is 1.35 bits per heavy atom. The zero-order chi connectivity index (χ0) is 11.8. The maximum atomic E-state index is 5.63. The van der Waals surface area contributed by atoms with E-state index in [-0.39, 0.29) is 6.79 Å². The summed E-state index contributed by atoms with van der Waals surface area (Å²) < 4.78 is 12.6. The van der Waals surface area contributed by atoms with Crippen LogP contribution in [0.3, 0.4) is 0 Å². The van der Waals surface area contributed by atoms with Gasteiger partial charge in [-0.25, -0.2) is 4.98 Å². The number of hydrogen-bond acceptors (Lipinski definition) is 4. The Kier molecular flexibility index (Phi) is 2.26. The molecule has 3 rings (SSSR count). The van der Waals surface area contributed by atoms with E-state index in [0.717, 1.165) is 28.6 Å². The average molecular weight is 231 g/mol. The van der Waals surface area contributed by atoms with Crippen LogP contribution in [0.4, 0.5) is 0 Å². The molecular weight excluding hydrogens is 218 g/mol. The van der Waals surface area contributed by atoms with Gasteiger partial charge in [0.15, 0.2) is 11.5 Å². The molecular formula is C12H13N3O2. The smallest absolute Gasteiger partial charge is 0.231 e. The summed E-state index contributed by atoms with van der Waals surface area (Å²) in [4.78, 5) is 4.37. The molecule has 1 aliphatic heterocycles. The minimum atomic E-state index is 0.285. The lowest BCUT2D eigenvalue weighted by atomic mass is 10.2. The van der Waals surface area contributed by atoms with E-state index in [2.05, 4.69) is 4.98 Å². The van der Waals surface area contributed by atoms with Crippen LogP contribution in [-0.2, 0) is 13.6 Å². The molecule has 2 heterocycles. The van der Waals surface area contributed by atoms with E-state index in [0.29, 0.717) is 6.54 Å². The second-order valence-electron chi connectivity index (χ2n) is 3.90. The van der Waals surface area contributed by atoms with Gasteiger partial charge in [0, 0.05) is 19.2 Å². The molecule has 0 saturated heterocycles. The van der Waals surface area contributed by atoms with Crippen molar-refractivity contribution in [2.24, 2.45) is 12.8 Å². The van der Waals surface area contributed by atoms with Crippen LogP contribution in [0.1, 0.15) is 5.69 Å². The van der Waals surface area contributed by atoms with E-state index >= 15 is 0 Å². The molecule has 5 nitrogen and oxygen atoms in total. The van der Waals surface area contributed by atoms with Crippen LogP contribution in [-0.4, -0.2) is 16.3 Å². The molecule has 2 N–H and O–H groups in total. The van der Waals surface area contributed by atoms with Crippen LogP contribution in [0.15, 0.2) is 24.4 Å². The molecule has 0 amide bonds. The molecule has 0 radical (unpaired) electrons. The van der Waals surface area contributed by atoms with Gasteiger partial charge in [0.25, 0.3) is 0 Å². The van der Waals surface area contributed by atoms with E-state index in [1.54, 1.807) is 6.20 Å². The molecule has 0 unspecified atom stereocenters. The number of aromatic nitrogens is 2. The Morgan fingerprint density at radius 2 is 2.18 bits per heavy atom. The summed E-state index contributed by atoms with van der Waals surface area (Å²) in [5.41, 5.74) is 7.62. The van der Waals surface area contributed by atoms with E-state index < -0.39 is 0 Å². The Labute approximate surface area is 98.8 Å². The molecule has 88 valence electrons. The van der Waals surface area contributed by atoms with Crippen molar-refractivity contribution < 1.29 is 9.47 Å². The van der Waals surface area contributed by atoms with Gasteiger partial charge >= 0.3 is 0 Å². The maximum Gasteiger partial charge on any atom is 0.231 e. The second-order valence-corrected chi connectivity index (χ2v) is 3.90. The lowest BCUT2D eigenvalue weighted by Crippen LogP contribution is -2.04. The summed E-state index contributed by atoms with van der Waals surface area (Å²) in [5, 5.41) is 0. The van der Waals surface area contributed by atoms with Crippen molar-refractivity contribution in [2.75, 3.05) is 6.79 Å². The Bertz CT molecular complexity index is 563. The summed E-state index contributed by atoms with van der Waals surface area (Å²) in [6.07, 6.45) is 1.79. The molecule has 17 heavy (non-hydrogen) atoms. The highest BCUT2D eigenvalue weighted by Crippen LogP contribution is 2.35. The Morgan fingerprint density at radius 3 is 2.94 bits per heavy atom. The third-order valence-electron chi connectivity index (χ3n) is 2.92. The summed E-state index contributed by atoms with van der Waals surface area (Å²) in [6.45, 7) is 0.765. The van der Waals surface area contributed by atoms with Crippen molar-refractivity contribution in [3.63, 3.8) is 0 Å². The van der Waals surface area contributed by atoms with E-state index in [4.69, 9.17) is 15.2 Å². The highest BCUT2D eigenvalue weighted by atomic mass is 16.7. The largest absolute Gasteiger partial charge is 0.454 e. The number of rotatable bonds is 2. The fourth-order valence-electron chi connectivity index (χ4n) is 1.94. The monoisotopic (exact) mass is 231 g/mol. The molecule has 1 aromatic carbocycles. The lowest BCUT2D eigenvalue weighted by molar-refractivity contribution is 0.174. The van der Waals surface area contributed by atoms with Crippen molar-refractivity contribution in [3.05, 3.63) is 30.1 Å². The number of imidazole rings is 1. The lowest BCUT2D eigenvalue weighted by Gasteiger charge is -2.05. The van der Waals surface area contributed by atoms with Crippen LogP contribution in [0.25, 0.3) is 11.4 Å². The summed E-state index contributed by atoms with van der Waals surface area (Å²) in [6, 6.07) is 5.80. The van der Waals surface area contributed by atoms with Crippen molar-refractivity contribution >= 4 is 0 Å². The van der Waals surface area contributed by atoms with E-state index in [1.807, 2.05) is 29.8 Å². The first-order valence-electron chi connectivity index (χ1n) is 5.40. The molecule has 0 aliphatic carbocycles. The minimum Gasteiger partial charge on any atom is -0.454 e. The molecule has 5 heteroatoms. The minimum absolute atomic E-state index is 0.285. The van der Waals surface area contributed by atoms with Gasteiger partial charge in [-0.05, 0) is 18.2 Å². The molecule has 0 atom stereocenters. The predicted octanol–water partition coefficient (Wildman–Crippen LogP) is 1.27. The maximum absolute atomic E-state index is 5.63. The van der Waals surface area contributed by atoms with Gasteiger partial charge < -0.3 is 19.8 Å². The first kappa shape index (κ1) is 10.2. The quantitative estimate of drug-likeness (QED) is 0.845. The highest BCUT2D eigenvalue weighted by molar-refractivity contribution is 5.62. The van der Waals surface area contributed by atoms with E-state index in [1.165, 1.54) is 0 Å². The second kappa shape index (κ2) is 3.78. The summed E-state index contributed by atoms with van der Waals surface area (Å²) in [7, 11) is 1.95. The number of nitrogens with zero attached hydrogens (tertiary/aromatic N) is 2. The van der Waals surface area contributed by atoms with Crippen molar-refractivity contribution in [3.8, 4) is 22.9 Å². The Hall–Kier alpha value is -2.01. The SMILES string of the molecule is Cn1c(CN)cnc1-c1ccc2c(c1)OCO2. The van der Waals surface area contributed by atoms with Gasteiger partial charge in [-0.15, -0.1) is 0 Å². The van der Waals surface area contributed by atoms with Crippen molar-refractivity contribution in [1.29, 1.82) is 0 Å². The van der Waals surface area contributed by atoms with Gasteiger partial charge in [0.2, 0.25) is 6.79 Å². The zero-order valence-electron chi connectivity index (χ0n) is 9.51. The number of nitrogens with two attached hydrogens (primary N) is 1. The van der Waals surface area contributed by atoms with E-state index in [9.17, 15) is 0 Å². The zero-order valence-corrected chi connectivity index (χ0v) is 9.51. The number of benzene rings is 1. The first-order chi connectivity index (χ1) is 8.29. The summed E-state index contributed by atoms with van der Waals surface area (Å²) in [5.74, 6) is 2.42. The van der Waals surface area contributed by atoms with Gasteiger partial charge in [-0.3, -0.25) is 0 Å². The molecule has 0 bridgehead atoms. The van der Waals surface area contributed by atoms with Gasteiger partial charge in [-0.2, -0.15) is 0 Å². The normalized spacial score (nSPS) is 13.1. The van der Waals surface area contributed by atoms with Gasteiger partial charge in [0.1, 0.15) is 5.82 Å². The molecule has 1 aromatic heterocycles. The number of fused-ring (bicyclic) bond motifs is 1. The van der Waals surface area contributed by atoms with Crippen LogP contribution < -0.4 is 15.2 Å². The van der Waals surface area contributed by atoms with Crippen LogP contribution in [0, 0.1) is 0 Å². The van der Waals surface area contributed by atoms with Crippen molar-refractivity contribution in [1.82, 2.24) is 9.55 Å². The fraction of sp³-hybridized carbons (Fsp3) is 0.250. The highest BCUT2D eigenvalue weighted by Gasteiger charge is 2.16. The average Bonchev–Trinajstić information content (AvgIpc) is 2.94. The molecule has 2 aromatic rings. The van der Waals surface area contributed by atoms with Crippen molar-refractivity contribution in [2.45, 2.75) is 6.54 Å². The third kappa shape index (κ3) is 1.55. The fourth-order valence-corrected chi connectivity index (χ4v) is 1.94.